The Morgan fingerprint density at radius 1 is 1.05 bits per heavy atom. The molecule has 0 radical (unpaired) electrons. The maximum atomic E-state index is 12.0. The van der Waals surface area contributed by atoms with Gasteiger partial charge in [0.25, 0.3) is 5.91 Å². The fraction of sp³-hybridized carbons (Fsp3) is 0.188. The molecular weight excluding hydrogens is 300 g/mol. The lowest BCUT2D eigenvalue weighted by atomic mass is 10.1. The third kappa shape index (κ3) is 3.85. The molecule has 22 heavy (non-hydrogen) atoms. The van der Waals surface area contributed by atoms with E-state index in [1.165, 1.54) is 10.6 Å². The lowest BCUT2D eigenvalue weighted by Gasteiger charge is -2.22. The van der Waals surface area contributed by atoms with Crippen molar-refractivity contribution in [3.8, 4) is 0 Å². The van der Waals surface area contributed by atoms with Crippen molar-refractivity contribution in [1.82, 2.24) is 5.32 Å². The van der Waals surface area contributed by atoms with Crippen LogP contribution >= 0.6 is 0 Å². The highest BCUT2D eigenvalue weighted by atomic mass is 32.2. The van der Waals surface area contributed by atoms with Crippen molar-refractivity contribution in [3.63, 3.8) is 0 Å². The second-order valence-electron chi connectivity index (χ2n) is 4.88. The van der Waals surface area contributed by atoms with E-state index in [9.17, 15) is 13.2 Å². The SMILES string of the molecule is CNC(=O)c1ccc(CN(c2ccccc2)S(C)(=O)=O)cc1. The van der Waals surface area contributed by atoms with Gasteiger partial charge in [-0.3, -0.25) is 9.10 Å². The Kier molecular flexibility index (Phi) is 4.82. The van der Waals surface area contributed by atoms with Gasteiger partial charge in [0.1, 0.15) is 0 Å². The molecule has 0 heterocycles. The van der Waals surface area contributed by atoms with Gasteiger partial charge in [0, 0.05) is 12.6 Å². The summed E-state index contributed by atoms with van der Waals surface area (Å²) in [4.78, 5) is 11.5. The second-order valence-corrected chi connectivity index (χ2v) is 6.79. The molecule has 0 atom stereocenters. The molecule has 0 spiro atoms. The van der Waals surface area contributed by atoms with Gasteiger partial charge in [-0.15, -0.1) is 0 Å². The normalized spacial score (nSPS) is 11.0. The van der Waals surface area contributed by atoms with Crippen molar-refractivity contribution in [2.24, 2.45) is 0 Å². The van der Waals surface area contributed by atoms with E-state index < -0.39 is 10.0 Å². The van der Waals surface area contributed by atoms with E-state index >= 15 is 0 Å². The van der Waals surface area contributed by atoms with Crippen LogP contribution in [0, 0.1) is 0 Å². The lowest BCUT2D eigenvalue weighted by molar-refractivity contribution is 0.0963. The lowest BCUT2D eigenvalue weighted by Crippen LogP contribution is -2.29. The Hall–Kier alpha value is -2.34. The third-order valence-corrected chi connectivity index (χ3v) is 4.35. The Morgan fingerprint density at radius 3 is 2.14 bits per heavy atom. The summed E-state index contributed by atoms with van der Waals surface area (Å²) >= 11 is 0. The fourth-order valence-corrected chi connectivity index (χ4v) is 2.95. The summed E-state index contributed by atoms with van der Waals surface area (Å²) in [5, 5.41) is 2.55. The number of para-hydroxylation sites is 1. The van der Waals surface area contributed by atoms with E-state index in [4.69, 9.17) is 0 Å². The molecule has 0 fully saturated rings. The number of carbonyl (C=O) groups is 1. The van der Waals surface area contributed by atoms with Crippen LogP contribution < -0.4 is 9.62 Å². The number of anilines is 1. The van der Waals surface area contributed by atoms with Crippen LogP contribution in [0.4, 0.5) is 5.69 Å². The highest BCUT2D eigenvalue weighted by Crippen LogP contribution is 2.20. The summed E-state index contributed by atoms with van der Waals surface area (Å²) in [6.07, 6.45) is 1.18. The van der Waals surface area contributed by atoms with Crippen molar-refractivity contribution in [3.05, 3.63) is 65.7 Å². The Bertz CT molecular complexity index is 741. The molecule has 0 saturated carbocycles. The van der Waals surface area contributed by atoms with Crippen LogP contribution in [0.2, 0.25) is 0 Å². The first kappa shape index (κ1) is 16.0. The Morgan fingerprint density at radius 2 is 1.64 bits per heavy atom. The first-order chi connectivity index (χ1) is 10.4. The smallest absolute Gasteiger partial charge is 0.251 e. The van der Waals surface area contributed by atoms with Gasteiger partial charge in [-0.05, 0) is 29.8 Å². The molecule has 6 heteroatoms. The van der Waals surface area contributed by atoms with Gasteiger partial charge in [-0.1, -0.05) is 30.3 Å². The van der Waals surface area contributed by atoms with Crippen molar-refractivity contribution in [2.75, 3.05) is 17.6 Å². The molecule has 0 unspecified atom stereocenters. The molecule has 0 bridgehead atoms. The molecule has 2 rings (SSSR count). The zero-order chi connectivity index (χ0) is 16.2. The summed E-state index contributed by atoms with van der Waals surface area (Å²) in [5.41, 5.74) is 1.96. The number of nitrogens with zero attached hydrogens (tertiary/aromatic N) is 1. The van der Waals surface area contributed by atoms with Crippen molar-refractivity contribution in [1.29, 1.82) is 0 Å². The number of hydrogen-bond acceptors (Lipinski definition) is 3. The van der Waals surface area contributed by atoms with Gasteiger partial charge < -0.3 is 5.32 Å². The number of hydrogen-bond donors (Lipinski definition) is 1. The fourth-order valence-electron chi connectivity index (χ4n) is 2.07. The van der Waals surface area contributed by atoms with Gasteiger partial charge in [-0.2, -0.15) is 0 Å². The van der Waals surface area contributed by atoms with Crippen molar-refractivity contribution in [2.45, 2.75) is 6.54 Å². The number of benzene rings is 2. The highest BCUT2D eigenvalue weighted by Gasteiger charge is 2.17. The quantitative estimate of drug-likeness (QED) is 0.917. The van der Waals surface area contributed by atoms with Crippen molar-refractivity contribution >= 4 is 21.6 Å². The van der Waals surface area contributed by atoms with Crippen LogP contribution in [-0.4, -0.2) is 27.6 Å². The van der Waals surface area contributed by atoms with Crippen LogP contribution in [0.1, 0.15) is 15.9 Å². The molecule has 0 aliphatic rings. The van der Waals surface area contributed by atoms with Gasteiger partial charge in [-0.25, -0.2) is 8.42 Å². The molecular formula is C16H18N2O3S. The largest absolute Gasteiger partial charge is 0.355 e. The Labute approximate surface area is 130 Å². The second kappa shape index (κ2) is 6.62. The minimum atomic E-state index is -3.39. The molecule has 1 N–H and O–H groups in total. The van der Waals surface area contributed by atoms with E-state index in [0.29, 0.717) is 11.3 Å². The molecule has 2 aromatic rings. The van der Waals surface area contributed by atoms with Gasteiger partial charge in [0.05, 0.1) is 18.5 Å². The molecule has 0 aliphatic carbocycles. The molecule has 5 nitrogen and oxygen atoms in total. The summed E-state index contributed by atoms with van der Waals surface area (Å²) in [5.74, 6) is -0.172. The zero-order valence-corrected chi connectivity index (χ0v) is 13.3. The number of rotatable bonds is 5. The topological polar surface area (TPSA) is 66.5 Å². The van der Waals surface area contributed by atoms with E-state index in [1.807, 2.05) is 6.07 Å². The van der Waals surface area contributed by atoms with Crippen molar-refractivity contribution < 1.29 is 13.2 Å². The third-order valence-electron chi connectivity index (χ3n) is 3.21. The first-order valence-electron chi connectivity index (χ1n) is 6.75. The number of nitrogens with one attached hydrogen (secondary N) is 1. The Balaban J connectivity index is 2.27. The van der Waals surface area contributed by atoms with Crippen LogP contribution in [0.5, 0.6) is 0 Å². The van der Waals surface area contributed by atoms with Crippen LogP contribution in [0.3, 0.4) is 0 Å². The maximum Gasteiger partial charge on any atom is 0.251 e. The van der Waals surface area contributed by atoms with E-state index in [2.05, 4.69) is 5.32 Å². The zero-order valence-electron chi connectivity index (χ0n) is 12.5. The van der Waals surface area contributed by atoms with E-state index in [1.54, 1.807) is 55.6 Å². The number of sulfonamides is 1. The van der Waals surface area contributed by atoms with Crippen LogP contribution in [-0.2, 0) is 16.6 Å². The molecule has 1 amide bonds. The summed E-state index contributed by atoms with van der Waals surface area (Å²) in [7, 11) is -1.83. The number of carbonyl (C=O) groups excluding carboxylic acids is 1. The predicted molar refractivity (Wildman–Crippen MR) is 87.3 cm³/mol. The van der Waals surface area contributed by atoms with Crippen LogP contribution in [0.15, 0.2) is 54.6 Å². The summed E-state index contributed by atoms with van der Waals surface area (Å²) in [6, 6.07) is 15.8. The monoisotopic (exact) mass is 318 g/mol. The number of amides is 1. The van der Waals surface area contributed by atoms with E-state index in [-0.39, 0.29) is 12.5 Å². The average molecular weight is 318 g/mol. The highest BCUT2D eigenvalue weighted by molar-refractivity contribution is 7.92. The summed E-state index contributed by atoms with van der Waals surface area (Å²) in [6.45, 7) is 0.219. The minimum absolute atomic E-state index is 0.172. The molecule has 0 aromatic heterocycles. The standard InChI is InChI=1S/C16H18N2O3S/c1-17-16(19)14-10-8-13(9-11-14)12-18(22(2,20)21)15-6-4-3-5-7-15/h3-11H,12H2,1-2H3,(H,17,19). The van der Waals surface area contributed by atoms with Gasteiger partial charge in [0.2, 0.25) is 10.0 Å². The molecule has 2 aromatic carbocycles. The molecule has 0 aliphatic heterocycles. The van der Waals surface area contributed by atoms with Gasteiger partial charge >= 0.3 is 0 Å². The first-order valence-corrected chi connectivity index (χ1v) is 8.60. The average Bonchev–Trinajstić information content (AvgIpc) is 2.52. The van der Waals surface area contributed by atoms with Gasteiger partial charge in [0.15, 0.2) is 0 Å². The minimum Gasteiger partial charge on any atom is -0.355 e. The van der Waals surface area contributed by atoms with E-state index in [0.717, 1.165) is 5.56 Å². The maximum absolute atomic E-state index is 12.0. The van der Waals surface area contributed by atoms with Crippen LogP contribution in [0.25, 0.3) is 0 Å². The summed E-state index contributed by atoms with van der Waals surface area (Å²) < 4.78 is 25.4. The molecule has 116 valence electrons. The molecule has 0 saturated heterocycles. The predicted octanol–water partition coefficient (Wildman–Crippen LogP) is 2.01.